The molecule has 0 unspecified atom stereocenters. The second-order valence-corrected chi connectivity index (χ2v) is 3.84. The molecule has 0 aliphatic rings. The number of hydrogen-bond donors (Lipinski definition) is 1. The molecule has 0 radical (unpaired) electrons. The van der Waals surface area contributed by atoms with Gasteiger partial charge in [-0.15, -0.1) is 12.3 Å². The Hall–Kier alpha value is -2.02. The summed E-state index contributed by atoms with van der Waals surface area (Å²) < 4.78 is 0. The summed E-state index contributed by atoms with van der Waals surface area (Å²) in [7, 11) is 0. The predicted molar refractivity (Wildman–Crippen MR) is 69.0 cm³/mol. The van der Waals surface area contributed by atoms with Crippen LogP contribution in [0.3, 0.4) is 0 Å². The minimum atomic E-state index is -0.386. The van der Waals surface area contributed by atoms with Gasteiger partial charge in [0.15, 0.2) is 0 Å². The summed E-state index contributed by atoms with van der Waals surface area (Å²) in [5.41, 5.74) is 1.94. The third-order valence-corrected chi connectivity index (χ3v) is 2.50. The van der Waals surface area contributed by atoms with Gasteiger partial charge < -0.3 is 5.32 Å². The van der Waals surface area contributed by atoms with Crippen LogP contribution >= 0.6 is 0 Å². The summed E-state index contributed by atoms with van der Waals surface area (Å²) in [4.78, 5) is 10.2. The molecule has 4 heteroatoms. The molecule has 1 aromatic carbocycles. The number of nitrogens with one attached hydrogen (secondary N) is 1. The molecule has 1 aromatic rings. The molecule has 0 saturated heterocycles. The SMILES string of the molecule is C#CCCCCNc1cc([N+](=O)[O-])ccc1C. The number of aryl methyl sites for hydroxylation is 1. The van der Waals surface area contributed by atoms with E-state index in [0.717, 1.165) is 37.1 Å². The van der Waals surface area contributed by atoms with E-state index in [1.54, 1.807) is 12.1 Å². The molecular formula is C13H16N2O2. The van der Waals surface area contributed by atoms with Crippen LogP contribution in [-0.4, -0.2) is 11.5 Å². The van der Waals surface area contributed by atoms with Crippen molar-refractivity contribution in [1.29, 1.82) is 0 Å². The normalized spacial score (nSPS) is 9.65. The highest BCUT2D eigenvalue weighted by Crippen LogP contribution is 2.21. The molecule has 1 N–H and O–H groups in total. The lowest BCUT2D eigenvalue weighted by atomic mass is 10.1. The van der Waals surface area contributed by atoms with Crippen LogP contribution in [0.5, 0.6) is 0 Å². The van der Waals surface area contributed by atoms with Crippen molar-refractivity contribution in [2.75, 3.05) is 11.9 Å². The van der Waals surface area contributed by atoms with Crippen molar-refractivity contribution in [3.05, 3.63) is 33.9 Å². The molecule has 17 heavy (non-hydrogen) atoms. The molecular weight excluding hydrogens is 216 g/mol. The minimum Gasteiger partial charge on any atom is -0.385 e. The third-order valence-electron chi connectivity index (χ3n) is 2.50. The lowest BCUT2D eigenvalue weighted by Gasteiger charge is -2.08. The van der Waals surface area contributed by atoms with E-state index >= 15 is 0 Å². The highest BCUT2D eigenvalue weighted by Gasteiger charge is 2.07. The summed E-state index contributed by atoms with van der Waals surface area (Å²) in [6.07, 6.45) is 7.86. The Balaban J connectivity index is 2.55. The number of benzene rings is 1. The monoisotopic (exact) mass is 232 g/mol. The quantitative estimate of drug-likeness (QED) is 0.355. The van der Waals surface area contributed by atoms with Gasteiger partial charge in [0.1, 0.15) is 0 Å². The molecule has 0 fully saturated rings. The zero-order valence-electron chi connectivity index (χ0n) is 9.90. The predicted octanol–water partition coefficient (Wildman–Crippen LogP) is 3.12. The zero-order valence-corrected chi connectivity index (χ0v) is 9.90. The Bertz CT molecular complexity index is 436. The smallest absolute Gasteiger partial charge is 0.271 e. The Morgan fingerprint density at radius 2 is 2.24 bits per heavy atom. The van der Waals surface area contributed by atoms with Crippen LogP contribution in [-0.2, 0) is 0 Å². The van der Waals surface area contributed by atoms with Gasteiger partial charge in [-0.25, -0.2) is 0 Å². The third kappa shape index (κ3) is 4.15. The molecule has 0 spiro atoms. The molecule has 0 amide bonds. The molecule has 0 saturated carbocycles. The molecule has 0 bridgehead atoms. The van der Waals surface area contributed by atoms with Gasteiger partial charge in [-0.1, -0.05) is 6.07 Å². The number of nitrogens with zero attached hydrogens (tertiary/aromatic N) is 1. The van der Waals surface area contributed by atoms with Crippen molar-refractivity contribution in [3.8, 4) is 12.3 Å². The second-order valence-electron chi connectivity index (χ2n) is 3.84. The summed E-state index contributed by atoms with van der Waals surface area (Å²) in [5, 5.41) is 13.8. The molecule has 0 heterocycles. The van der Waals surface area contributed by atoms with Crippen LogP contribution in [0.15, 0.2) is 18.2 Å². The Morgan fingerprint density at radius 1 is 1.47 bits per heavy atom. The standard InChI is InChI=1S/C13H16N2O2/c1-3-4-5-6-9-14-13-10-12(15(16)17)8-7-11(13)2/h1,7-8,10,14H,4-6,9H2,2H3. The highest BCUT2D eigenvalue weighted by molar-refractivity contribution is 5.56. The molecule has 0 aliphatic heterocycles. The van der Waals surface area contributed by atoms with Crippen molar-refractivity contribution >= 4 is 11.4 Å². The number of terminal acetylenes is 1. The van der Waals surface area contributed by atoms with Gasteiger partial charge in [-0.05, 0) is 25.3 Å². The lowest BCUT2D eigenvalue weighted by Crippen LogP contribution is -2.03. The van der Waals surface area contributed by atoms with Crippen LogP contribution in [0.25, 0.3) is 0 Å². The first-order chi connectivity index (χ1) is 8.15. The molecule has 0 aromatic heterocycles. The van der Waals surface area contributed by atoms with Crippen LogP contribution in [0, 0.1) is 29.4 Å². The molecule has 4 nitrogen and oxygen atoms in total. The molecule has 90 valence electrons. The summed E-state index contributed by atoms with van der Waals surface area (Å²) in [5.74, 6) is 2.58. The van der Waals surface area contributed by atoms with Crippen LogP contribution in [0.1, 0.15) is 24.8 Å². The van der Waals surface area contributed by atoms with Gasteiger partial charge in [0.25, 0.3) is 5.69 Å². The maximum Gasteiger partial charge on any atom is 0.271 e. The van der Waals surface area contributed by atoms with Crippen molar-refractivity contribution in [2.24, 2.45) is 0 Å². The fraction of sp³-hybridized carbons (Fsp3) is 0.385. The zero-order chi connectivity index (χ0) is 12.7. The number of hydrogen-bond acceptors (Lipinski definition) is 3. The second kappa shape index (κ2) is 6.54. The number of unbranched alkanes of at least 4 members (excludes halogenated alkanes) is 2. The van der Waals surface area contributed by atoms with E-state index < -0.39 is 0 Å². The lowest BCUT2D eigenvalue weighted by molar-refractivity contribution is -0.384. The van der Waals surface area contributed by atoms with Crippen LogP contribution < -0.4 is 5.32 Å². The maximum atomic E-state index is 10.6. The van der Waals surface area contributed by atoms with E-state index in [1.165, 1.54) is 6.07 Å². The molecule has 1 rings (SSSR count). The first kappa shape index (κ1) is 13.0. The van der Waals surface area contributed by atoms with Gasteiger partial charge in [-0.2, -0.15) is 0 Å². The van der Waals surface area contributed by atoms with E-state index in [9.17, 15) is 10.1 Å². The topological polar surface area (TPSA) is 55.2 Å². The van der Waals surface area contributed by atoms with E-state index in [2.05, 4.69) is 11.2 Å². The Kier molecular flexibility index (Phi) is 5.02. The number of anilines is 1. The summed E-state index contributed by atoms with van der Waals surface area (Å²) in [6.45, 7) is 2.71. The Morgan fingerprint density at radius 3 is 2.88 bits per heavy atom. The first-order valence-electron chi connectivity index (χ1n) is 5.57. The highest BCUT2D eigenvalue weighted by atomic mass is 16.6. The van der Waals surface area contributed by atoms with E-state index in [1.807, 2.05) is 6.92 Å². The van der Waals surface area contributed by atoms with Gasteiger partial charge >= 0.3 is 0 Å². The van der Waals surface area contributed by atoms with Crippen LogP contribution in [0.2, 0.25) is 0 Å². The fourth-order valence-corrected chi connectivity index (χ4v) is 1.49. The maximum absolute atomic E-state index is 10.6. The minimum absolute atomic E-state index is 0.113. The van der Waals surface area contributed by atoms with Gasteiger partial charge in [0.2, 0.25) is 0 Å². The van der Waals surface area contributed by atoms with E-state index in [4.69, 9.17) is 6.42 Å². The number of nitro benzene ring substituents is 1. The fourth-order valence-electron chi connectivity index (χ4n) is 1.49. The van der Waals surface area contributed by atoms with Crippen LogP contribution in [0.4, 0.5) is 11.4 Å². The van der Waals surface area contributed by atoms with Gasteiger partial charge in [0, 0.05) is 30.8 Å². The van der Waals surface area contributed by atoms with Crippen molar-refractivity contribution in [3.63, 3.8) is 0 Å². The van der Waals surface area contributed by atoms with Crippen molar-refractivity contribution in [1.82, 2.24) is 0 Å². The number of nitro groups is 1. The number of rotatable bonds is 6. The average molecular weight is 232 g/mol. The number of non-ortho nitro benzene ring substituents is 1. The summed E-state index contributed by atoms with van der Waals surface area (Å²) >= 11 is 0. The largest absolute Gasteiger partial charge is 0.385 e. The van der Waals surface area contributed by atoms with Gasteiger partial charge in [0.05, 0.1) is 4.92 Å². The van der Waals surface area contributed by atoms with E-state index in [-0.39, 0.29) is 10.6 Å². The Labute approximate surface area is 101 Å². The molecule has 0 aliphatic carbocycles. The summed E-state index contributed by atoms with van der Waals surface area (Å²) in [6, 6.07) is 4.83. The van der Waals surface area contributed by atoms with E-state index in [0.29, 0.717) is 0 Å². The molecule has 0 atom stereocenters. The van der Waals surface area contributed by atoms with Gasteiger partial charge in [-0.3, -0.25) is 10.1 Å². The first-order valence-corrected chi connectivity index (χ1v) is 5.57. The van der Waals surface area contributed by atoms with Crippen molar-refractivity contribution in [2.45, 2.75) is 26.2 Å². The van der Waals surface area contributed by atoms with Crippen molar-refractivity contribution < 1.29 is 4.92 Å². The average Bonchev–Trinajstić information content (AvgIpc) is 2.30.